The Morgan fingerprint density at radius 3 is 2.73 bits per heavy atom. The van der Waals surface area contributed by atoms with E-state index in [1.807, 2.05) is 11.9 Å². The topological polar surface area (TPSA) is 53.4 Å². The minimum Gasteiger partial charge on any atom is -0.338 e. The van der Waals surface area contributed by atoms with Crippen LogP contribution in [0.1, 0.15) is 49.1 Å². The van der Waals surface area contributed by atoms with E-state index in [1.165, 1.54) is 12.1 Å². The van der Waals surface area contributed by atoms with Gasteiger partial charge in [0.15, 0.2) is 5.82 Å². The van der Waals surface area contributed by atoms with Crippen molar-refractivity contribution in [2.75, 3.05) is 31.6 Å². The van der Waals surface area contributed by atoms with E-state index in [0.717, 1.165) is 43.6 Å². The van der Waals surface area contributed by atoms with Crippen LogP contribution in [0.4, 0.5) is 20.3 Å². The normalized spacial score (nSPS) is 17.3. The van der Waals surface area contributed by atoms with Crippen LogP contribution in [0, 0.1) is 0 Å². The van der Waals surface area contributed by atoms with Crippen molar-refractivity contribution in [1.29, 1.82) is 0 Å². The number of carbonyl (C=O) groups is 1. The Balaban J connectivity index is 1.76. The van der Waals surface area contributed by atoms with Crippen molar-refractivity contribution in [1.82, 2.24) is 20.0 Å². The van der Waals surface area contributed by atoms with Gasteiger partial charge in [0.2, 0.25) is 5.91 Å². The van der Waals surface area contributed by atoms with Crippen molar-refractivity contribution in [2.24, 2.45) is 0 Å². The number of rotatable bonds is 4. The number of aromatic nitrogens is 2. The Bertz CT molecular complexity index is 942. The summed E-state index contributed by atoms with van der Waals surface area (Å²) < 4.78 is 28.8. The molecule has 0 radical (unpaired) electrons. The first kappa shape index (κ1) is 21.1. The van der Waals surface area contributed by atoms with E-state index in [4.69, 9.17) is 16.7 Å². The summed E-state index contributed by atoms with van der Waals surface area (Å²) in [7, 11) is 1.82. The van der Waals surface area contributed by atoms with E-state index in [1.54, 1.807) is 17.9 Å². The zero-order valence-corrected chi connectivity index (χ0v) is 17.9. The van der Waals surface area contributed by atoms with E-state index in [0.29, 0.717) is 30.6 Å². The molecule has 4 rings (SSSR count). The second-order valence-electron chi connectivity index (χ2n) is 7.93. The number of carbonyl (C=O) groups excluding carboxylic acids is 1. The number of hydrogen-bond acceptors (Lipinski definition) is 4. The van der Waals surface area contributed by atoms with Crippen LogP contribution in [0.3, 0.4) is 0 Å². The van der Waals surface area contributed by atoms with Crippen LogP contribution in [0.15, 0.2) is 18.2 Å². The molecule has 3 heterocycles. The van der Waals surface area contributed by atoms with Gasteiger partial charge in [-0.1, -0.05) is 11.6 Å². The summed E-state index contributed by atoms with van der Waals surface area (Å²) in [5.74, 6) is 0.729. The van der Waals surface area contributed by atoms with Gasteiger partial charge in [-0.2, -0.15) is 5.10 Å². The first-order chi connectivity index (χ1) is 14.4. The number of alkyl halides is 2. The molecule has 1 aromatic heterocycles. The number of halogens is 3. The van der Waals surface area contributed by atoms with Crippen molar-refractivity contribution in [2.45, 2.75) is 45.2 Å². The van der Waals surface area contributed by atoms with Crippen molar-refractivity contribution in [3.8, 4) is 0 Å². The smallest absolute Gasteiger partial charge is 0.265 e. The molecule has 2 aliphatic rings. The molecule has 0 saturated carbocycles. The van der Waals surface area contributed by atoms with Gasteiger partial charge >= 0.3 is 0 Å². The van der Waals surface area contributed by atoms with Gasteiger partial charge in [-0.15, -0.1) is 0 Å². The number of fused-ring (bicyclic) bond motifs is 1. The molecule has 1 N–H and O–H groups in total. The van der Waals surface area contributed by atoms with Gasteiger partial charge in [0.05, 0.1) is 12.6 Å². The predicted octanol–water partition coefficient (Wildman–Crippen LogP) is 4.07. The number of amides is 1. The van der Waals surface area contributed by atoms with Gasteiger partial charge in [-0.05, 0) is 44.1 Å². The van der Waals surface area contributed by atoms with Crippen molar-refractivity contribution in [3.05, 3.63) is 40.0 Å². The maximum atomic E-state index is 13.4. The molecule has 30 heavy (non-hydrogen) atoms. The van der Waals surface area contributed by atoms with Gasteiger partial charge in [0.1, 0.15) is 0 Å². The SMILES string of the molecule is CC(=O)N1CCc2c(c(N(C)c3ccc(Cl)c(C(F)F)c3)nn2C2CCNCC2)C1. The molecule has 2 aromatic rings. The zero-order chi connectivity index (χ0) is 21.4. The Kier molecular flexibility index (Phi) is 5.97. The maximum Gasteiger partial charge on any atom is 0.265 e. The molecule has 1 fully saturated rings. The molecule has 0 atom stereocenters. The first-order valence-corrected chi connectivity index (χ1v) is 10.6. The molecule has 0 spiro atoms. The standard InChI is InChI=1S/C21H26ClF2N5O/c1-13(30)28-10-7-19-17(12-28)21(26-29(19)14-5-8-25-9-6-14)27(2)15-3-4-18(22)16(11-15)20(23)24/h3-4,11,14,20,25H,5-10,12H2,1-2H3. The van der Waals surface area contributed by atoms with Crippen LogP contribution in [0.2, 0.25) is 5.02 Å². The largest absolute Gasteiger partial charge is 0.338 e. The minimum absolute atomic E-state index is 0.0235. The van der Waals surface area contributed by atoms with Gasteiger partial charge in [0, 0.05) is 54.5 Å². The summed E-state index contributed by atoms with van der Waals surface area (Å²) in [4.78, 5) is 15.6. The molecule has 0 aliphatic carbocycles. The predicted molar refractivity (Wildman–Crippen MR) is 113 cm³/mol. The van der Waals surface area contributed by atoms with Crippen LogP contribution in [0.25, 0.3) is 0 Å². The van der Waals surface area contributed by atoms with Crippen LogP contribution in [-0.2, 0) is 17.8 Å². The summed E-state index contributed by atoms with van der Waals surface area (Å²) >= 11 is 5.95. The van der Waals surface area contributed by atoms with E-state index in [-0.39, 0.29) is 16.5 Å². The fourth-order valence-electron chi connectivity index (χ4n) is 4.35. The van der Waals surface area contributed by atoms with Crippen LogP contribution >= 0.6 is 11.6 Å². The Morgan fingerprint density at radius 1 is 1.33 bits per heavy atom. The Hall–Kier alpha value is -2.19. The highest BCUT2D eigenvalue weighted by atomic mass is 35.5. The number of nitrogens with one attached hydrogen (secondary N) is 1. The number of hydrogen-bond donors (Lipinski definition) is 1. The molecule has 0 bridgehead atoms. The second kappa shape index (κ2) is 8.51. The van der Waals surface area contributed by atoms with Gasteiger partial charge in [-0.25, -0.2) is 8.78 Å². The summed E-state index contributed by atoms with van der Waals surface area (Å²) in [6, 6.07) is 4.92. The van der Waals surface area contributed by atoms with Crippen LogP contribution in [-0.4, -0.2) is 47.3 Å². The van der Waals surface area contributed by atoms with Gasteiger partial charge < -0.3 is 15.1 Å². The highest BCUT2D eigenvalue weighted by Crippen LogP contribution is 2.37. The summed E-state index contributed by atoms with van der Waals surface area (Å²) in [5, 5.41) is 8.36. The Morgan fingerprint density at radius 2 is 2.07 bits per heavy atom. The molecular formula is C21H26ClF2N5O. The molecule has 1 aromatic carbocycles. The van der Waals surface area contributed by atoms with Crippen molar-refractivity contribution >= 4 is 29.0 Å². The summed E-state index contributed by atoms with van der Waals surface area (Å²) in [6.07, 6.45) is 0.0666. The molecule has 9 heteroatoms. The number of nitrogens with zero attached hydrogens (tertiary/aromatic N) is 4. The lowest BCUT2D eigenvalue weighted by Gasteiger charge is -2.30. The van der Waals surface area contributed by atoms with E-state index < -0.39 is 6.43 Å². The Labute approximate surface area is 179 Å². The van der Waals surface area contributed by atoms with Gasteiger partial charge in [0.25, 0.3) is 6.43 Å². The second-order valence-corrected chi connectivity index (χ2v) is 8.34. The minimum atomic E-state index is -2.65. The van der Waals surface area contributed by atoms with Crippen molar-refractivity contribution in [3.63, 3.8) is 0 Å². The molecule has 0 unspecified atom stereocenters. The van der Waals surface area contributed by atoms with Gasteiger partial charge in [-0.3, -0.25) is 9.48 Å². The quantitative estimate of drug-likeness (QED) is 0.783. The molecule has 1 amide bonds. The van der Waals surface area contributed by atoms with E-state index in [9.17, 15) is 13.6 Å². The summed E-state index contributed by atoms with van der Waals surface area (Å²) in [6.45, 7) is 4.60. The third kappa shape index (κ3) is 3.90. The first-order valence-electron chi connectivity index (χ1n) is 10.2. The molecule has 1 saturated heterocycles. The lowest BCUT2D eigenvalue weighted by Crippen LogP contribution is -2.36. The number of anilines is 2. The number of benzene rings is 1. The zero-order valence-electron chi connectivity index (χ0n) is 17.2. The van der Waals surface area contributed by atoms with E-state index >= 15 is 0 Å². The third-order valence-corrected chi connectivity index (χ3v) is 6.43. The average molecular weight is 438 g/mol. The van der Waals surface area contributed by atoms with Crippen LogP contribution < -0.4 is 10.2 Å². The van der Waals surface area contributed by atoms with Crippen molar-refractivity contribution < 1.29 is 13.6 Å². The average Bonchev–Trinajstić information content (AvgIpc) is 3.13. The highest BCUT2D eigenvalue weighted by molar-refractivity contribution is 6.31. The molecule has 6 nitrogen and oxygen atoms in total. The molecular weight excluding hydrogens is 412 g/mol. The molecule has 162 valence electrons. The number of piperidine rings is 1. The lowest BCUT2D eigenvalue weighted by molar-refractivity contribution is -0.129. The molecule has 2 aliphatic heterocycles. The van der Waals surface area contributed by atoms with E-state index in [2.05, 4.69) is 10.00 Å². The highest BCUT2D eigenvalue weighted by Gasteiger charge is 2.31. The maximum absolute atomic E-state index is 13.4. The monoisotopic (exact) mass is 437 g/mol. The fourth-order valence-corrected chi connectivity index (χ4v) is 4.55. The summed E-state index contributed by atoms with van der Waals surface area (Å²) in [5.41, 5.74) is 2.53. The third-order valence-electron chi connectivity index (χ3n) is 6.08. The van der Waals surface area contributed by atoms with Crippen LogP contribution in [0.5, 0.6) is 0 Å². The fraction of sp³-hybridized carbons (Fsp3) is 0.524. The lowest BCUT2D eigenvalue weighted by atomic mass is 10.0.